The van der Waals surface area contributed by atoms with Crippen LogP contribution in [0.15, 0.2) is 24.3 Å². The number of fused-ring (bicyclic) bond motifs is 1. The maximum Gasteiger partial charge on any atom is 0.416 e. The molecule has 1 N–H and O–H groups in total. The molecule has 0 amide bonds. The highest BCUT2D eigenvalue weighted by Crippen LogP contribution is 2.41. The number of nitrogens with zero attached hydrogens (tertiary/aromatic N) is 3. The molecule has 5 rings (SSSR count). The average molecular weight is 402 g/mol. The second-order valence-corrected chi connectivity index (χ2v) is 8.41. The van der Waals surface area contributed by atoms with E-state index in [2.05, 4.69) is 10.2 Å². The molecule has 7 heteroatoms. The fourth-order valence-corrected chi connectivity index (χ4v) is 4.52. The first kappa shape index (κ1) is 18.9. The molecule has 4 nitrogen and oxygen atoms in total. The summed E-state index contributed by atoms with van der Waals surface area (Å²) in [4.78, 5) is 12.1. The molecule has 0 radical (unpaired) electrons. The lowest BCUT2D eigenvalue weighted by Gasteiger charge is -2.23. The number of alkyl halides is 3. The third kappa shape index (κ3) is 3.84. The predicted molar refractivity (Wildman–Crippen MR) is 105 cm³/mol. The van der Waals surface area contributed by atoms with E-state index >= 15 is 0 Å². The van der Waals surface area contributed by atoms with Gasteiger partial charge in [0, 0.05) is 43.5 Å². The van der Waals surface area contributed by atoms with Crippen LogP contribution in [-0.4, -0.2) is 36.1 Å². The number of halogens is 3. The van der Waals surface area contributed by atoms with Crippen molar-refractivity contribution in [3.63, 3.8) is 0 Å². The van der Waals surface area contributed by atoms with Gasteiger partial charge in [-0.1, -0.05) is 18.2 Å². The highest BCUT2D eigenvalue weighted by molar-refractivity contribution is 5.52. The summed E-state index contributed by atoms with van der Waals surface area (Å²) in [6, 6.07) is 5.81. The zero-order valence-electron chi connectivity index (χ0n) is 16.3. The topological polar surface area (TPSA) is 41.1 Å². The Morgan fingerprint density at radius 3 is 2.62 bits per heavy atom. The Bertz CT molecular complexity index is 907. The van der Waals surface area contributed by atoms with E-state index in [0.717, 1.165) is 80.7 Å². The Hall–Kier alpha value is -2.15. The molecule has 3 heterocycles. The lowest BCUT2D eigenvalue weighted by atomic mass is 9.96. The zero-order chi connectivity index (χ0) is 20.0. The van der Waals surface area contributed by atoms with Gasteiger partial charge in [0.15, 0.2) is 0 Å². The lowest BCUT2D eigenvalue weighted by Crippen LogP contribution is -2.24. The summed E-state index contributed by atoms with van der Waals surface area (Å²) in [5.74, 6) is 2.56. The molecule has 0 bridgehead atoms. The van der Waals surface area contributed by atoms with Crippen LogP contribution in [0, 0.1) is 0 Å². The second-order valence-electron chi connectivity index (χ2n) is 8.41. The van der Waals surface area contributed by atoms with E-state index in [0.29, 0.717) is 12.5 Å². The zero-order valence-corrected chi connectivity index (χ0v) is 16.3. The minimum atomic E-state index is -4.30. The van der Waals surface area contributed by atoms with Gasteiger partial charge in [0.1, 0.15) is 11.6 Å². The van der Waals surface area contributed by atoms with Crippen molar-refractivity contribution in [3.05, 3.63) is 52.5 Å². The van der Waals surface area contributed by atoms with E-state index in [1.807, 2.05) is 6.07 Å². The van der Waals surface area contributed by atoms with Gasteiger partial charge in [-0.05, 0) is 43.9 Å². The molecule has 1 unspecified atom stereocenters. The van der Waals surface area contributed by atoms with Gasteiger partial charge in [-0.2, -0.15) is 13.2 Å². The molecule has 154 valence electrons. The van der Waals surface area contributed by atoms with Gasteiger partial charge < -0.3 is 10.2 Å². The van der Waals surface area contributed by atoms with Crippen molar-refractivity contribution in [2.45, 2.75) is 50.1 Å². The largest absolute Gasteiger partial charge is 0.416 e. The van der Waals surface area contributed by atoms with Crippen LogP contribution in [0.2, 0.25) is 0 Å². The van der Waals surface area contributed by atoms with E-state index < -0.39 is 11.7 Å². The van der Waals surface area contributed by atoms with Gasteiger partial charge in [0.25, 0.3) is 0 Å². The summed E-state index contributed by atoms with van der Waals surface area (Å²) in [6.45, 7) is 3.38. The summed E-state index contributed by atoms with van der Waals surface area (Å²) in [7, 11) is 0. The van der Waals surface area contributed by atoms with Crippen LogP contribution in [0.3, 0.4) is 0 Å². The second kappa shape index (κ2) is 7.27. The van der Waals surface area contributed by atoms with Crippen LogP contribution in [0.25, 0.3) is 0 Å². The van der Waals surface area contributed by atoms with Gasteiger partial charge in [-0.25, -0.2) is 9.97 Å². The lowest BCUT2D eigenvalue weighted by molar-refractivity contribution is -0.137. The predicted octanol–water partition coefficient (Wildman–Crippen LogP) is 4.05. The van der Waals surface area contributed by atoms with Crippen molar-refractivity contribution >= 4 is 5.82 Å². The Morgan fingerprint density at radius 1 is 1.00 bits per heavy atom. The fourth-order valence-electron chi connectivity index (χ4n) is 4.52. The van der Waals surface area contributed by atoms with Crippen molar-refractivity contribution in [1.29, 1.82) is 0 Å². The summed E-state index contributed by atoms with van der Waals surface area (Å²) in [6.07, 6.45) is 0.671. The monoisotopic (exact) mass is 402 g/mol. The maximum absolute atomic E-state index is 13.1. The summed E-state index contributed by atoms with van der Waals surface area (Å²) < 4.78 is 39.3. The van der Waals surface area contributed by atoms with E-state index in [4.69, 9.17) is 9.97 Å². The molecule has 0 spiro atoms. The SMILES string of the molecule is FC(F)(F)c1cccc(C2CCN(c3nc(C4CC4)nc4c3CCNCC4)C2)c1. The molecule has 1 atom stereocenters. The quantitative estimate of drug-likeness (QED) is 0.841. The third-order valence-electron chi connectivity index (χ3n) is 6.29. The van der Waals surface area contributed by atoms with Gasteiger partial charge in [-0.15, -0.1) is 0 Å². The Morgan fingerprint density at radius 2 is 1.83 bits per heavy atom. The average Bonchev–Trinajstić information content (AvgIpc) is 3.48. The molecule has 2 aromatic rings. The highest BCUT2D eigenvalue weighted by atomic mass is 19.4. The Balaban J connectivity index is 1.44. The van der Waals surface area contributed by atoms with Crippen molar-refractivity contribution in [2.75, 3.05) is 31.1 Å². The van der Waals surface area contributed by atoms with Gasteiger partial charge in [0.05, 0.1) is 11.3 Å². The fraction of sp³-hybridized carbons (Fsp3) is 0.545. The molecule has 1 saturated heterocycles. The van der Waals surface area contributed by atoms with E-state index in [9.17, 15) is 13.2 Å². The maximum atomic E-state index is 13.1. The number of nitrogens with one attached hydrogen (secondary N) is 1. The number of hydrogen-bond acceptors (Lipinski definition) is 4. The van der Waals surface area contributed by atoms with E-state index in [-0.39, 0.29) is 5.92 Å². The number of anilines is 1. The molecule has 1 saturated carbocycles. The van der Waals surface area contributed by atoms with Gasteiger partial charge in [-0.3, -0.25) is 0 Å². The molecule has 29 heavy (non-hydrogen) atoms. The van der Waals surface area contributed by atoms with Crippen LogP contribution < -0.4 is 10.2 Å². The van der Waals surface area contributed by atoms with Gasteiger partial charge in [0.2, 0.25) is 0 Å². The van der Waals surface area contributed by atoms with Crippen LogP contribution in [0.5, 0.6) is 0 Å². The van der Waals surface area contributed by atoms with Crippen molar-refractivity contribution in [2.24, 2.45) is 0 Å². The Kier molecular flexibility index (Phi) is 4.73. The third-order valence-corrected chi connectivity index (χ3v) is 6.29. The van der Waals surface area contributed by atoms with Crippen LogP contribution in [-0.2, 0) is 19.0 Å². The number of hydrogen-bond donors (Lipinski definition) is 1. The standard InChI is InChI=1S/C22H25F3N4/c23-22(24,25)17-3-1-2-15(12-17)16-8-11-29(13-16)21-18-6-9-26-10-7-19(18)27-20(28-21)14-4-5-14/h1-3,12,14,16,26H,4-11,13H2. The molecule has 1 aromatic heterocycles. The number of rotatable bonds is 3. The normalized spacial score (nSPS) is 22.4. The van der Waals surface area contributed by atoms with Crippen LogP contribution in [0.1, 0.15) is 59.3 Å². The number of aromatic nitrogens is 2. The smallest absolute Gasteiger partial charge is 0.356 e. The molecule has 2 aliphatic heterocycles. The van der Waals surface area contributed by atoms with E-state index in [1.165, 1.54) is 17.7 Å². The number of benzene rings is 1. The minimum absolute atomic E-state index is 0.0937. The van der Waals surface area contributed by atoms with Crippen LogP contribution in [0.4, 0.5) is 19.0 Å². The highest BCUT2D eigenvalue weighted by Gasteiger charge is 2.34. The Labute approximate surface area is 168 Å². The molecular formula is C22H25F3N4. The summed E-state index contributed by atoms with van der Waals surface area (Å²) in [5.41, 5.74) is 2.59. The van der Waals surface area contributed by atoms with Crippen molar-refractivity contribution in [1.82, 2.24) is 15.3 Å². The van der Waals surface area contributed by atoms with Crippen molar-refractivity contribution in [3.8, 4) is 0 Å². The van der Waals surface area contributed by atoms with Crippen LogP contribution >= 0.6 is 0 Å². The summed E-state index contributed by atoms with van der Waals surface area (Å²) >= 11 is 0. The van der Waals surface area contributed by atoms with Gasteiger partial charge >= 0.3 is 6.18 Å². The molecular weight excluding hydrogens is 377 g/mol. The van der Waals surface area contributed by atoms with E-state index in [1.54, 1.807) is 0 Å². The molecule has 2 fully saturated rings. The molecule has 1 aliphatic carbocycles. The first-order valence-electron chi connectivity index (χ1n) is 10.5. The first-order valence-corrected chi connectivity index (χ1v) is 10.5. The van der Waals surface area contributed by atoms with Crippen molar-refractivity contribution < 1.29 is 13.2 Å². The minimum Gasteiger partial charge on any atom is -0.356 e. The molecule has 1 aromatic carbocycles. The first-order chi connectivity index (χ1) is 14.0. The molecule has 3 aliphatic rings. The summed E-state index contributed by atoms with van der Waals surface area (Å²) in [5, 5.41) is 3.44.